The highest BCUT2D eigenvalue weighted by Gasteiger charge is 2.08. The first kappa shape index (κ1) is 20.8. The van der Waals surface area contributed by atoms with Crippen LogP contribution >= 0.6 is 27.3 Å². The van der Waals surface area contributed by atoms with Crippen LogP contribution in [0.4, 0.5) is 0 Å². The van der Waals surface area contributed by atoms with Gasteiger partial charge in [0, 0.05) is 10.0 Å². The Morgan fingerprint density at radius 1 is 1.10 bits per heavy atom. The Kier molecular flexibility index (Phi) is 7.54. The minimum atomic E-state index is -0.423. The first-order valence-corrected chi connectivity index (χ1v) is 10.4. The van der Waals surface area contributed by atoms with Crippen molar-refractivity contribution < 1.29 is 14.3 Å². The largest absolute Gasteiger partial charge is 0.488 e. The van der Waals surface area contributed by atoms with E-state index in [1.165, 1.54) is 17.6 Å². The molecular formula is C21H18BrN3O3S. The molecule has 0 unspecified atom stereocenters. The molecule has 0 aliphatic carbocycles. The van der Waals surface area contributed by atoms with Gasteiger partial charge in [-0.1, -0.05) is 52.3 Å². The lowest BCUT2D eigenvalue weighted by Crippen LogP contribution is -2.34. The van der Waals surface area contributed by atoms with Crippen molar-refractivity contribution in [2.75, 3.05) is 6.54 Å². The second kappa shape index (κ2) is 10.5. The predicted molar refractivity (Wildman–Crippen MR) is 117 cm³/mol. The summed E-state index contributed by atoms with van der Waals surface area (Å²) in [6, 6.07) is 18.8. The van der Waals surface area contributed by atoms with E-state index in [1.54, 1.807) is 17.5 Å². The molecule has 0 saturated heterocycles. The maximum Gasteiger partial charge on any atom is 0.261 e. The number of rotatable bonds is 8. The summed E-state index contributed by atoms with van der Waals surface area (Å²) >= 11 is 4.73. The Hall–Kier alpha value is -2.97. The zero-order chi connectivity index (χ0) is 20.5. The van der Waals surface area contributed by atoms with Gasteiger partial charge >= 0.3 is 0 Å². The van der Waals surface area contributed by atoms with Gasteiger partial charge in [0.05, 0.1) is 17.6 Å². The third-order valence-corrected chi connectivity index (χ3v) is 5.12. The quantitative estimate of drug-likeness (QED) is 0.385. The van der Waals surface area contributed by atoms with E-state index in [2.05, 4.69) is 31.8 Å². The smallest absolute Gasteiger partial charge is 0.261 e. The minimum absolute atomic E-state index is 0.163. The molecule has 2 N–H and O–H groups in total. The number of hydrogen-bond donors (Lipinski definition) is 2. The number of thiophene rings is 1. The third-order valence-electron chi connectivity index (χ3n) is 3.76. The van der Waals surface area contributed by atoms with E-state index in [1.807, 2.05) is 48.5 Å². The number of benzene rings is 2. The maximum absolute atomic E-state index is 11.9. The van der Waals surface area contributed by atoms with Crippen LogP contribution in [0, 0.1) is 0 Å². The van der Waals surface area contributed by atoms with E-state index in [-0.39, 0.29) is 12.5 Å². The number of halogens is 1. The molecule has 2 aromatic carbocycles. The van der Waals surface area contributed by atoms with Crippen LogP contribution in [-0.2, 0) is 11.4 Å². The monoisotopic (exact) mass is 471 g/mol. The van der Waals surface area contributed by atoms with Crippen LogP contribution in [0.1, 0.15) is 20.8 Å². The lowest BCUT2D eigenvalue weighted by Gasteiger charge is -2.09. The van der Waals surface area contributed by atoms with Crippen molar-refractivity contribution in [2.45, 2.75) is 6.61 Å². The van der Waals surface area contributed by atoms with Crippen LogP contribution < -0.4 is 15.5 Å². The van der Waals surface area contributed by atoms with Crippen LogP contribution in [-0.4, -0.2) is 24.6 Å². The van der Waals surface area contributed by atoms with Crippen molar-refractivity contribution in [3.63, 3.8) is 0 Å². The Labute approximate surface area is 180 Å². The van der Waals surface area contributed by atoms with Crippen molar-refractivity contribution in [3.8, 4) is 5.75 Å². The van der Waals surface area contributed by atoms with Gasteiger partial charge in [-0.05, 0) is 35.2 Å². The average molecular weight is 472 g/mol. The van der Waals surface area contributed by atoms with Crippen molar-refractivity contribution >= 4 is 45.3 Å². The van der Waals surface area contributed by atoms with Gasteiger partial charge in [-0.25, -0.2) is 5.43 Å². The summed E-state index contributed by atoms with van der Waals surface area (Å²) in [6.07, 6.45) is 1.50. The van der Waals surface area contributed by atoms with E-state index < -0.39 is 5.91 Å². The zero-order valence-corrected chi connectivity index (χ0v) is 17.7. The van der Waals surface area contributed by atoms with Gasteiger partial charge in [-0.15, -0.1) is 11.3 Å². The van der Waals surface area contributed by atoms with Gasteiger partial charge in [-0.3, -0.25) is 9.59 Å². The van der Waals surface area contributed by atoms with Gasteiger partial charge in [0.2, 0.25) is 0 Å². The lowest BCUT2D eigenvalue weighted by molar-refractivity contribution is -0.120. The van der Waals surface area contributed by atoms with Gasteiger partial charge in [0.25, 0.3) is 11.8 Å². The number of hydrazone groups is 1. The topological polar surface area (TPSA) is 79.8 Å². The minimum Gasteiger partial charge on any atom is -0.488 e. The fourth-order valence-corrected chi connectivity index (χ4v) is 3.37. The van der Waals surface area contributed by atoms with E-state index in [0.29, 0.717) is 22.8 Å². The van der Waals surface area contributed by atoms with Crippen molar-refractivity contribution in [1.29, 1.82) is 0 Å². The maximum atomic E-state index is 11.9. The van der Waals surface area contributed by atoms with Crippen LogP contribution in [0.5, 0.6) is 5.75 Å². The van der Waals surface area contributed by atoms with Crippen LogP contribution in [0.15, 0.2) is 75.6 Å². The molecule has 0 spiro atoms. The molecule has 0 saturated carbocycles. The predicted octanol–water partition coefficient (Wildman–Crippen LogP) is 3.97. The Morgan fingerprint density at radius 2 is 1.93 bits per heavy atom. The van der Waals surface area contributed by atoms with Gasteiger partial charge < -0.3 is 10.1 Å². The van der Waals surface area contributed by atoms with E-state index in [4.69, 9.17) is 4.74 Å². The summed E-state index contributed by atoms with van der Waals surface area (Å²) < 4.78 is 6.74. The molecule has 1 heterocycles. The SMILES string of the molecule is O=C(CNC(=O)c1cccs1)N/N=C/c1cc(Br)ccc1OCc1ccccc1. The average Bonchev–Trinajstić information content (AvgIpc) is 3.27. The van der Waals surface area contributed by atoms with Crippen molar-refractivity contribution in [3.05, 3.63) is 86.5 Å². The first-order chi connectivity index (χ1) is 14.1. The summed E-state index contributed by atoms with van der Waals surface area (Å²) in [7, 11) is 0. The van der Waals surface area contributed by atoms with Crippen LogP contribution in [0.25, 0.3) is 0 Å². The molecule has 29 heavy (non-hydrogen) atoms. The summed E-state index contributed by atoms with van der Waals surface area (Å²) in [5.74, 6) is -0.0725. The van der Waals surface area contributed by atoms with E-state index in [9.17, 15) is 9.59 Å². The number of hydrogen-bond acceptors (Lipinski definition) is 5. The molecule has 2 amide bonds. The molecular weight excluding hydrogens is 454 g/mol. The van der Waals surface area contributed by atoms with Gasteiger partial charge in [0.15, 0.2) is 0 Å². The molecule has 3 aromatic rings. The number of amides is 2. The standard InChI is InChI=1S/C21H18BrN3O3S/c22-17-8-9-18(28-14-15-5-2-1-3-6-15)16(11-17)12-24-25-20(26)13-23-21(27)19-7-4-10-29-19/h1-12H,13-14H2,(H,23,27)(H,25,26)/b24-12+. The fraction of sp³-hybridized carbons (Fsp3) is 0.0952. The molecule has 0 atom stereocenters. The molecule has 1 aromatic heterocycles. The first-order valence-electron chi connectivity index (χ1n) is 8.72. The number of carbonyl (C=O) groups excluding carboxylic acids is 2. The molecule has 0 bridgehead atoms. The molecule has 6 nitrogen and oxygen atoms in total. The molecule has 0 fully saturated rings. The number of ether oxygens (including phenoxy) is 1. The molecule has 0 radical (unpaired) electrons. The second-order valence-electron chi connectivity index (χ2n) is 5.91. The van der Waals surface area contributed by atoms with Crippen LogP contribution in [0.2, 0.25) is 0 Å². The Bertz CT molecular complexity index is 992. The summed E-state index contributed by atoms with van der Waals surface area (Å²) in [6.45, 7) is 0.258. The summed E-state index contributed by atoms with van der Waals surface area (Å²) in [5, 5.41) is 8.31. The fourth-order valence-electron chi connectivity index (χ4n) is 2.36. The summed E-state index contributed by atoms with van der Waals surface area (Å²) in [4.78, 5) is 24.3. The summed E-state index contributed by atoms with van der Waals surface area (Å²) in [5.41, 5.74) is 4.16. The molecule has 0 aliphatic heterocycles. The highest BCUT2D eigenvalue weighted by Crippen LogP contribution is 2.22. The second-order valence-corrected chi connectivity index (χ2v) is 7.77. The Balaban J connectivity index is 1.54. The zero-order valence-electron chi connectivity index (χ0n) is 15.3. The van der Waals surface area contributed by atoms with E-state index in [0.717, 1.165) is 10.0 Å². The number of nitrogens with one attached hydrogen (secondary N) is 2. The van der Waals surface area contributed by atoms with Gasteiger partial charge in [0.1, 0.15) is 12.4 Å². The van der Waals surface area contributed by atoms with Crippen molar-refractivity contribution in [2.24, 2.45) is 5.10 Å². The molecule has 0 aliphatic rings. The third kappa shape index (κ3) is 6.55. The molecule has 148 valence electrons. The van der Waals surface area contributed by atoms with Crippen molar-refractivity contribution in [1.82, 2.24) is 10.7 Å². The molecule has 3 rings (SSSR count). The number of nitrogens with zero attached hydrogens (tertiary/aromatic N) is 1. The normalized spacial score (nSPS) is 10.7. The van der Waals surface area contributed by atoms with E-state index >= 15 is 0 Å². The van der Waals surface area contributed by atoms with Gasteiger partial charge in [-0.2, -0.15) is 5.10 Å². The highest BCUT2D eigenvalue weighted by atomic mass is 79.9. The lowest BCUT2D eigenvalue weighted by atomic mass is 10.2. The Morgan fingerprint density at radius 3 is 2.69 bits per heavy atom. The van der Waals surface area contributed by atoms with Crippen LogP contribution in [0.3, 0.4) is 0 Å². The highest BCUT2D eigenvalue weighted by molar-refractivity contribution is 9.10. The molecule has 8 heteroatoms. The number of carbonyl (C=O) groups is 2.